The zero-order valence-corrected chi connectivity index (χ0v) is 15.8. The Balaban J connectivity index is 1.54. The highest BCUT2D eigenvalue weighted by Crippen LogP contribution is 2.20. The van der Waals surface area contributed by atoms with Crippen LogP contribution in [0.5, 0.6) is 0 Å². The summed E-state index contributed by atoms with van der Waals surface area (Å²) in [5, 5.41) is 2.63. The summed E-state index contributed by atoms with van der Waals surface area (Å²) in [5.74, 6) is 0.0921. The molecule has 1 aliphatic rings. The first-order valence-electron chi connectivity index (χ1n) is 8.88. The van der Waals surface area contributed by atoms with E-state index < -0.39 is 18.3 Å². The maximum Gasteiger partial charge on any atom is 0.410 e. The highest BCUT2D eigenvalue weighted by Gasteiger charge is 2.28. The molecule has 0 fully saturated rings. The molecular weight excluding hydrogens is 366 g/mol. The van der Waals surface area contributed by atoms with Gasteiger partial charge in [-0.25, -0.2) is 9.78 Å². The number of rotatable bonds is 7. The Bertz CT molecular complexity index is 803. The number of aromatic nitrogens is 1. The van der Waals surface area contributed by atoms with Crippen LogP contribution in [0.25, 0.3) is 0 Å². The predicted molar refractivity (Wildman–Crippen MR) is 97.4 cm³/mol. The summed E-state index contributed by atoms with van der Waals surface area (Å²) in [4.78, 5) is 30.3. The van der Waals surface area contributed by atoms with Crippen molar-refractivity contribution in [1.82, 2.24) is 15.2 Å². The highest BCUT2D eigenvalue weighted by molar-refractivity contribution is 5.89. The van der Waals surface area contributed by atoms with Crippen LogP contribution < -0.4 is 5.32 Å². The molecule has 0 saturated heterocycles. The van der Waals surface area contributed by atoms with E-state index in [1.54, 1.807) is 4.90 Å². The van der Waals surface area contributed by atoms with E-state index in [1.807, 2.05) is 30.3 Å². The van der Waals surface area contributed by atoms with Crippen molar-refractivity contribution in [1.29, 1.82) is 0 Å². The molecule has 2 heterocycles. The van der Waals surface area contributed by atoms with Crippen molar-refractivity contribution < 1.29 is 28.2 Å². The summed E-state index contributed by atoms with van der Waals surface area (Å²) in [7, 11) is 2.96. The molecular formula is C19H23N3O6. The first-order chi connectivity index (χ1) is 13.6. The lowest BCUT2D eigenvalue weighted by molar-refractivity contribution is -0.0975. The molecule has 1 aliphatic heterocycles. The van der Waals surface area contributed by atoms with Crippen LogP contribution in [-0.2, 0) is 33.8 Å². The Labute approximate surface area is 162 Å². The molecule has 2 amide bonds. The molecule has 3 rings (SSSR count). The minimum atomic E-state index is -0.552. The lowest BCUT2D eigenvalue weighted by Crippen LogP contribution is -2.36. The standard InChI is InChI=1S/C19H23N3O6/c1-25-16(26-2)10-20-17(23)18-21-14-11-22(9-8-15(14)28-18)19(24)27-12-13-6-4-3-5-7-13/h3-7,16H,8-12H2,1-2H3,(H,20,23). The maximum atomic E-state index is 12.3. The van der Waals surface area contributed by atoms with Crippen LogP contribution in [0.4, 0.5) is 4.79 Å². The highest BCUT2D eigenvalue weighted by atomic mass is 16.7. The minimum absolute atomic E-state index is 0.0459. The summed E-state index contributed by atoms with van der Waals surface area (Å²) in [6.07, 6.45) is -0.510. The SMILES string of the molecule is COC(CNC(=O)c1nc2c(o1)CCN(C(=O)OCc1ccccc1)C2)OC. The second-order valence-corrected chi connectivity index (χ2v) is 6.21. The molecule has 0 atom stereocenters. The van der Waals surface area contributed by atoms with Crippen LogP contribution in [0.1, 0.15) is 27.7 Å². The van der Waals surface area contributed by atoms with Crippen LogP contribution in [-0.4, -0.2) is 55.5 Å². The third-order valence-electron chi connectivity index (χ3n) is 4.34. The fraction of sp³-hybridized carbons (Fsp3) is 0.421. The van der Waals surface area contributed by atoms with Gasteiger partial charge in [-0.3, -0.25) is 4.79 Å². The Morgan fingerprint density at radius 3 is 2.71 bits per heavy atom. The third kappa shape index (κ3) is 4.87. The van der Waals surface area contributed by atoms with E-state index in [0.717, 1.165) is 5.56 Å². The molecule has 0 bridgehead atoms. The van der Waals surface area contributed by atoms with Crippen molar-refractivity contribution in [3.05, 3.63) is 53.2 Å². The van der Waals surface area contributed by atoms with Gasteiger partial charge in [-0.2, -0.15) is 0 Å². The van der Waals surface area contributed by atoms with Crippen LogP contribution in [0.15, 0.2) is 34.7 Å². The zero-order chi connectivity index (χ0) is 19.9. The third-order valence-corrected chi connectivity index (χ3v) is 4.34. The number of nitrogens with zero attached hydrogens (tertiary/aromatic N) is 2. The molecule has 150 valence electrons. The van der Waals surface area contributed by atoms with Crippen molar-refractivity contribution >= 4 is 12.0 Å². The van der Waals surface area contributed by atoms with Crippen LogP contribution in [0.2, 0.25) is 0 Å². The number of benzene rings is 1. The van der Waals surface area contributed by atoms with Gasteiger partial charge in [0, 0.05) is 27.2 Å². The second kappa shape index (κ2) is 9.34. The number of methoxy groups -OCH3 is 2. The second-order valence-electron chi connectivity index (χ2n) is 6.21. The molecule has 1 aromatic heterocycles. The van der Waals surface area contributed by atoms with E-state index in [4.69, 9.17) is 18.6 Å². The minimum Gasteiger partial charge on any atom is -0.445 e. The number of oxazole rings is 1. The van der Waals surface area contributed by atoms with Gasteiger partial charge in [-0.1, -0.05) is 30.3 Å². The Hall–Kier alpha value is -2.91. The molecule has 1 aromatic carbocycles. The molecule has 1 N–H and O–H groups in total. The van der Waals surface area contributed by atoms with Crippen molar-refractivity contribution in [3.8, 4) is 0 Å². The quantitative estimate of drug-likeness (QED) is 0.719. The van der Waals surface area contributed by atoms with E-state index >= 15 is 0 Å². The number of carbonyl (C=O) groups is 2. The zero-order valence-electron chi connectivity index (χ0n) is 15.8. The first-order valence-corrected chi connectivity index (χ1v) is 8.88. The monoisotopic (exact) mass is 389 g/mol. The first kappa shape index (κ1) is 19.8. The van der Waals surface area contributed by atoms with Gasteiger partial charge in [0.25, 0.3) is 5.89 Å². The molecule has 0 unspecified atom stereocenters. The van der Waals surface area contributed by atoms with Crippen LogP contribution >= 0.6 is 0 Å². The number of ether oxygens (including phenoxy) is 3. The summed E-state index contributed by atoms with van der Waals surface area (Å²) in [5.41, 5.74) is 1.47. The lowest BCUT2D eigenvalue weighted by Gasteiger charge is -2.24. The van der Waals surface area contributed by atoms with Gasteiger partial charge in [-0.05, 0) is 5.56 Å². The van der Waals surface area contributed by atoms with Gasteiger partial charge in [0.05, 0.1) is 13.1 Å². The van der Waals surface area contributed by atoms with Gasteiger partial charge in [-0.15, -0.1) is 0 Å². The smallest absolute Gasteiger partial charge is 0.410 e. The number of amides is 2. The van der Waals surface area contributed by atoms with Crippen LogP contribution in [0.3, 0.4) is 0 Å². The molecule has 0 saturated carbocycles. The number of carbonyl (C=O) groups excluding carboxylic acids is 2. The van der Waals surface area contributed by atoms with Gasteiger partial charge in [0.15, 0.2) is 6.29 Å². The van der Waals surface area contributed by atoms with Gasteiger partial charge in [0.1, 0.15) is 18.1 Å². The summed E-state index contributed by atoms with van der Waals surface area (Å²) in [6.45, 7) is 1.04. The Morgan fingerprint density at radius 1 is 1.25 bits per heavy atom. The van der Waals surface area contributed by atoms with E-state index in [2.05, 4.69) is 10.3 Å². The summed E-state index contributed by atoms with van der Waals surface area (Å²) in [6, 6.07) is 9.46. The van der Waals surface area contributed by atoms with E-state index in [-0.39, 0.29) is 25.6 Å². The average molecular weight is 389 g/mol. The van der Waals surface area contributed by atoms with Gasteiger partial charge in [0.2, 0.25) is 0 Å². The average Bonchev–Trinajstić information content (AvgIpc) is 3.17. The normalized spacial score (nSPS) is 13.3. The number of hydrogen-bond acceptors (Lipinski definition) is 7. The maximum absolute atomic E-state index is 12.3. The fourth-order valence-electron chi connectivity index (χ4n) is 2.78. The molecule has 2 aromatic rings. The predicted octanol–water partition coefficient (Wildman–Crippen LogP) is 1.72. The van der Waals surface area contributed by atoms with E-state index in [1.165, 1.54) is 14.2 Å². The number of hydrogen-bond donors (Lipinski definition) is 1. The molecule has 9 heteroatoms. The van der Waals surface area contributed by atoms with Crippen molar-refractivity contribution in [2.24, 2.45) is 0 Å². The number of nitrogens with one attached hydrogen (secondary N) is 1. The van der Waals surface area contributed by atoms with Gasteiger partial charge < -0.3 is 28.8 Å². The van der Waals surface area contributed by atoms with E-state index in [9.17, 15) is 9.59 Å². The molecule has 0 aliphatic carbocycles. The number of fused-ring (bicyclic) bond motifs is 1. The molecule has 0 radical (unpaired) electrons. The Kier molecular flexibility index (Phi) is 6.62. The fourth-order valence-corrected chi connectivity index (χ4v) is 2.78. The molecule has 9 nitrogen and oxygen atoms in total. The van der Waals surface area contributed by atoms with Crippen molar-refractivity contribution in [3.63, 3.8) is 0 Å². The Morgan fingerprint density at radius 2 is 2.00 bits per heavy atom. The molecule has 0 spiro atoms. The van der Waals surface area contributed by atoms with Crippen molar-refractivity contribution in [2.45, 2.75) is 25.9 Å². The largest absolute Gasteiger partial charge is 0.445 e. The topological polar surface area (TPSA) is 103 Å². The van der Waals surface area contributed by atoms with Crippen molar-refractivity contribution in [2.75, 3.05) is 27.3 Å². The lowest BCUT2D eigenvalue weighted by atomic mass is 10.2. The summed E-state index contributed by atoms with van der Waals surface area (Å²) >= 11 is 0. The molecule has 28 heavy (non-hydrogen) atoms. The van der Waals surface area contributed by atoms with E-state index in [0.29, 0.717) is 24.4 Å². The summed E-state index contributed by atoms with van der Waals surface area (Å²) < 4.78 is 20.9. The van der Waals surface area contributed by atoms with Gasteiger partial charge >= 0.3 is 12.0 Å². The van der Waals surface area contributed by atoms with Crippen LogP contribution in [0, 0.1) is 0 Å².